The van der Waals surface area contributed by atoms with Gasteiger partial charge in [0.2, 0.25) is 0 Å². The Labute approximate surface area is 153 Å². The number of piperidine rings is 1. The van der Waals surface area contributed by atoms with Crippen LogP contribution in [0.2, 0.25) is 0 Å². The van der Waals surface area contributed by atoms with Crippen LogP contribution in [0.3, 0.4) is 0 Å². The molecule has 2 saturated heterocycles. The van der Waals surface area contributed by atoms with E-state index >= 15 is 0 Å². The third-order valence-electron chi connectivity index (χ3n) is 4.51. The maximum atomic E-state index is 10.1. The molecular formula is C15H30ClN3O4S. The molecule has 6 N–H and O–H groups in total. The second-order valence-electron chi connectivity index (χ2n) is 6.25. The van der Waals surface area contributed by atoms with Crippen molar-refractivity contribution in [1.82, 2.24) is 4.90 Å². The second kappa shape index (κ2) is 10.8. The number of rotatable bonds is 8. The molecule has 7 nitrogen and oxygen atoms in total. The first-order valence-corrected chi connectivity index (χ1v) is 9.44. The van der Waals surface area contributed by atoms with E-state index in [4.69, 9.17) is 5.73 Å². The Balaban J connectivity index is 0.00000288. The fraction of sp³-hybridized carbons (Fsp3) is 0.933. The molecule has 0 aromatic carbocycles. The first kappa shape index (κ1) is 22.0. The molecule has 0 aliphatic carbocycles. The van der Waals surface area contributed by atoms with E-state index in [1.54, 1.807) is 4.90 Å². The van der Waals surface area contributed by atoms with Crippen LogP contribution in [0.1, 0.15) is 38.5 Å². The minimum Gasteiger partial charge on any atom is -0.388 e. The summed E-state index contributed by atoms with van der Waals surface area (Å²) in [4.78, 5) is 6.06. The zero-order valence-corrected chi connectivity index (χ0v) is 15.5. The molecule has 0 radical (unpaired) electrons. The first-order chi connectivity index (χ1) is 11.1. The van der Waals surface area contributed by atoms with Gasteiger partial charge in [-0.3, -0.25) is 4.99 Å². The van der Waals surface area contributed by atoms with Crippen LogP contribution < -0.4 is 5.73 Å². The molecule has 0 spiro atoms. The van der Waals surface area contributed by atoms with Crippen LogP contribution in [0.25, 0.3) is 0 Å². The van der Waals surface area contributed by atoms with Gasteiger partial charge in [0.15, 0.2) is 11.4 Å². The van der Waals surface area contributed by atoms with Crippen molar-refractivity contribution in [3.8, 4) is 0 Å². The van der Waals surface area contributed by atoms with Gasteiger partial charge < -0.3 is 31.1 Å². The number of fused-ring (bicyclic) bond motifs is 1. The Hall–Kier alpha value is -0.0900. The Morgan fingerprint density at radius 2 is 1.58 bits per heavy atom. The van der Waals surface area contributed by atoms with Gasteiger partial charge in [0.25, 0.3) is 0 Å². The van der Waals surface area contributed by atoms with Gasteiger partial charge in [0.1, 0.15) is 18.3 Å². The summed E-state index contributed by atoms with van der Waals surface area (Å²) in [6.45, 7) is 1.43. The largest absolute Gasteiger partial charge is 0.388 e. The van der Waals surface area contributed by atoms with Gasteiger partial charge >= 0.3 is 0 Å². The van der Waals surface area contributed by atoms with Crippen LogP contribution >= 0.6 is 24.2 Å². The maximum Gasteiger partial charge on any atom is 0.161 e. The molecule has 0 unspecified atom stereocenters. The fourth-order valence-corrected chi connectivity index (χ4v) is 4.32. The molecule has 142 valence electrons. The average molecular weight is 384 g/mol. The second-order valence-corrected chi connectivity index (χ2v) is 7.23. The lowest BCUT2D eigenvalue weighted by molar-refractivity contribution is -0.190. The van der Waals surface area contributed by atoms with Crippen molar-refractivity contribution in [2.75, 3.05) is 18.8 Å². The summed E-state index contributed by atoms with van der Waals surface area (Å²) in [6, 6.07) is -0.400. The van der Waals surface area contributed by atoms with Gasteiger partial charge in [-0.25, -0.2) is 0 Å². The van der Waals surface area contributed by atoms with Crippen LogP contribution in [0.4, 0.5) is 0 Å². The normalized spacial score (nSPS) is 34.3. The number of hydrogen-bond donors (Lipinski definition) is 5. The van der Waals surface area contributed by atoms with Crippen LogP contribution in [-0.4, -0.2) is 79.9 Å². The molecule has 0 saturated carbocycles. The van der Waals surface area contributed by atoms with Crippen LogP contribution in [0, 0.1) is 0 Å². The highest BCUT2D eigenvalue weighted by Crippen LogP contribution is 2.34. The van der Waals surface area contributed by atoms with Gasteiger partial charge in [-0.15, -0.1) is 12.4 Å². The lowest BCUT2D eigenvalue weighted by Crippen LogP contribution is -2.65. The van der Waals surface area contributed by atoms with Gasteiger partial charge in [-0.2, -0.15) is 0 Å². The van der Waals surface area contributed by atoms with E-state index in [2.05, 4.69) is 4.99 Å². The van der Waals surface area contributed by atoms with Crippen molar-refractivity contribution >= 4 is 29.3 Å². The van der Waals surface area contributed by atoms with E-state index in [0.717, 1.165) is 25.8 Å². The van der Waals surface area contributed by atoms with Gasteiger partial charge in [0, 0.05) is 12.3 Å². The number of amidine groups is 1. The van der Waals surface area contributed by atoms with Crippen molar-refractivity contribution < 1.29 is 20.4 Å². The van der Waals surface area contributed by atoms with E-state index in [0.29, 0.717) is 17.5 Å². The number of hydrogen-bond acceptors (Lipinski definition) is 7. The summed E-state index contributed by atoms with van der Waals surface area (Å²) in [5.41, 5.74) is 5.46. The smallest absolute Gasteiger partial charge is 0.161 e. The zero-order chi connectivity index (χ0) is 16.8. The van der Waals surface area contributed by atoms with Crippen molar-refractivity contribution in [2.45, 2.75) is 69.1 Å². The fourth-order valence-electron chi connectivity index (χ4n) is 3.06. The highest BCUT2D eigenvalue weighted by atomic mass is 35.5. The van der Waals surface area contributed by atoms with Crippen LogP contribution in [-0.2, 0) is 0 Å². The topological polar surface area (TPSA) is 123 Å². The lowest BCUT2D eigenvalue weighted by Gasteiger charge is -2.44. The maximum absolute atomic E-state index is 10.1. The molecule has 2 fully saturated rings. The zero-order valence-electron chi connectivity index (χ0n) is 13.8. The number of nitrogens with two attached hydrogens (primary N) is 1. The number of aliphatic imine (C=N–C) groups is 1. The highest BCUT2D eigenvalue weighted by Gasteiger charge is 2.51. The molecule has 2 aliphatic heterocycles. The molecule has 0 bridgehead atoms. The number of aliphatic hydroxyl groups is 4. The summed E-state index contributed by atoms with van der Waals surface area (Å²) in [5.74, 6) is 0.555. The summed E-state index contributed by atoms with van der Waals surface area (Å²) < 4.78 is 0. The molecule has 2 heterocycles. The highest BCUT2D eigenvalue weighted by molar-refractivity contribution is 8.14. The number of thioether (sulfide) groups is 1. The predicted octanol–water partition coefficient (Wildman–Crippen LogP) is -0.104. The molecule has 0 aromatic rings. The van der Waals surface area contributed by atoms with E-state index in [1.807, 2.05) is 0 Å². The van der Waals surface area contributed by atoms with Crippen LogP contribution in [0.5, 0.6) is 0 Å². The van der Waals surface area contributed by atoms with Crippen molar-refractivity contribution in [2.24, 2.45) is 10.7 Å². The van der Waals surface area contributed by atoms with Crippen LogP contribution in [0.15, 0.2) is 4.99 Å². The molecule has 9 heteroatoms. The minimum atomic E-state index is -1.38. The monoisotopic (exact) mass is 383 g/mol. The molecule has 2 aliphatic rings. The number of halogens is 1. The Kier molecular flexibility index (Phi) is 9.88. The summed E-state index contributed by atoms with van der Waals surface area (Å²) in [7, 11) is 0. The predicted molar refractivity (Wildman–Crippen MR) is 98.4 cm³/mol. The lowest BCUT2D eigenvalue weighted by atomic mass is 9.94. The van der Waals surface area contributed by atoms with E-state index in [9.17, 15) is 20.4 Å². The van der Waals surface area contributed by atoms with Gasteiger partial charge in [-0.05, 0) is 19.4 Å². The SMILES string of the molecule is Cl.NCCCCCCCCN=C1SC[C@@H]2[C@@H](O)[C@H](O)[C@@H](O)[C@@H](O)N12. The van der Waals surface area contributed by atoms with Crippen molar-refractivity contribution in [1.29, 1.82) is 0 Å². The third-order valence-corrected chi connectivity index (χ3v) is 5.61. The standard InChI is InChI=1S/C15H29N3O4S.ClH/c16-7-5-3-1-2-4-6-8-17-15-18-10(9-23-15)11(19)12(20)13(21)14(18)22;/h10-14,19-22H,1-9,16H2;1H/t10-,11-,12+,13-,14-;/m1./s1. The van der Waals surface area contributed by atoms with Crippen molar-refractivity contribution in [3.05, 3.63) is 0 Å². The van der Waals surface area contributed by atoms with E-state index in [1.165, 1.54) is 31.0 Å². The average Bonchev–Trinajstić information content (AvgIpc) is 2.97. The molecular weight excluding hydrogens is 354 g/mol. The minimum absolute atomic E-state index is 0. The Morgan fingerprint density at radius 3 is 2.25 bits per heavy atom. The first-order valence-electron chi connectivity index (χ1n) is 8.46. The molecule has 0 aromatic heterocycles. The molecule has 5 atom stereocenters. The quantitative estimate of drug-likeness (QED) is 0.371. The van der Waals surface area contributed by atoms with E-state index in [-0.39, 0.29) is 12.4 Å². The Bertz CT molecular complexity index is 405. The van der Waals surface area contributed by atoms with E-state index < -0.39 is 30.6 Å². The summed E-state index contributed by atoms with van der Waals surface area (Å²) in [5, 5.41) is 40.4. The summed E-state index contributed by atoms with van der Waals surface area (Å²) in [6.07, 6.45) is 1.75. The Morgan fingerprint density at radius 1 is 0.958 bits per heavy atom. The molecule has 0 amide bonds. The third kappa shape index (κ3) is 5.20. The molecule has 24 heavy (non-hydrogen) atoms. The number of nitrogens with zero attached hydrogens (tertiary/aromatic N) is 2. The number of unbranched alkanes of at least 4 members (excludes halogenated alkanes) is 5. The van der Waals surface area contributed by atoms with Gasteiger partial charge in [-0.1, -0.05) is 37.4 Å². The summed E-state index contributed by atoms with van der Waals surface area (Å²) >= 11 is 1.45. The van der Waals surface area contributed by atoms with Gasteiger partial charge in [0.05, 0.1) is 6.04 Å². The van der Waals surface area contributed by atoms with Crippen molar-refractivity contribution in [3.63, 3.8) is 0 Å². The molecule has 2 rings (SSSR count). The number of aliphatic hydroxyl groups excluding tert-OH is 4.